The highest BCUT2D eigenvalue weighted by Gasteiger charge is 2.25. The summed E-state index contributed by atoms with van der Waals surface area (Å²) in [4.78, 5) is 21.2. The van der Waals surface area contributed by atoms with E-state index in [0.717, 1.165) is 56.0 Å². The maximum Gasteiger partial charge on any atom is 0.242 e. The minimum Gasteiger partial charge on any atom is -0.357 e. The molecule has 8 heteroatoms. The van der Waals surface area contributed by atoms with Gasteiger partial charge in [-0.2, -0.15) is 0 Å². The molecule has 2 fully saturated rings. The molecule has 0 bridgehead atoms. The molecule has 0 spiro atoms. The van der Waals surface area contributed by atoms with E-state index in [-0.39, 0.29) is 36.4 Å². The van der Waals surface area contributed by atoms with Crippen molar-refractivity contribution in [2.45, 2.75) is 38.8 Å². The molecule has 156 valence electrons. The number of halogens is 2. The third-order valence-electron chi connectivity index (χ3n) is 5.16. The first kappa shape index (κ1) is 23.4. The molecule has 2 N–H and O–H groups in total. The third-order valence-corrected chi connectivity index (χ3v) is 5.69. The number of nitrogens with one attached hydrogen (secondary N) is 2. The molecule has 3 rings (SSSR count). The Kier molecular flexibility index (Phi) is 9.49. The Morgan fingerprint density at radius 1 is 1.21 bits per heavy atom. The number of hydrogen-bond donors (Lipinski definition) is 2. The number of piperazine rings is 1. The van der Waals surface area contributed by atoms with Crippen molar-refractivity contribution in [3.05, 3.63) is 34.3 Å². The second kappa shape index (κ2) is 11.3. The topological polar surface area (TPSA) is 60.0 Å². The van der Waals surface area contributed by atoms with E-state index in [1.807, 2.05) is 0 Å². The van der Waals surface area contributed by atoms with E-state index in [2.05, 4.69) is 79.5 Å². The first-order chi connectivity index (χ1) is 13.1. The monoisotopic (exact) mass is 563 g/mol. The van der Waals surface area contributed by atoms with Crippen molar-refractivity contribution in [1.29, 1.82) is 0 Å². The van der Waals surface area contributed by atoms with Crippen LogP contribution in [0.4, 0.5) is 0 Å². The minimum atomic E-state index is 0. The Balaban J connectivity index is 0.00000280. The van der Waals surface area contributed by atoms with Crippen LogP contribution in [0.3, 0.4) is 0 Å². The number of aliphatic imine (C=N–C) groups is 1. The Labute approximate surface area is 193 Å². The van der Waals surface area contributed by atoms with Crippen LogP contribution in [-0.4, -0.2) is 67.0 Å². The van der Waals surface area contributed by atoms with E-state index >= 15 is 0 Å². The van der Waals surface area contributed by atoms with Crippen LogP contribution in [0.25, 0.3) is 0 Å². The van der Waals surface area contributed by atoms with Gasteiger partial charge in [-0.25, -0.2) is 4.99 Å². The fourth-order valence-corrected chi connectivity index (χ4v) is 3.61. The molecule has 1 aromatic carbocycles. The number of nitrogens with zero attached hydrogens (tertiary/aromatic N) is 3. The Morgan fingerprint density at radius 3 is 2.43 bits per heavy atom. The summed E-state index contributed by atoms with van der Waals surface area (Å²) in [5.74, 6) is 0.870. The molecule has 6 nitrogen and oxygen atoms in total. The predicted molar refractivity (Wildman–Crippen MR) is 128 cm³/mol. The molecular weight excluding hydrogens is 533 g/mol. The molecular formula is C20H31BrIN5O. The standard InChI is InChI=1S/C20H30BrN5O.HI/c1-3-22-20(23-14-19(27)24-18-8-9-18)26-12-10-25(11-13-26)15(2)16-4-6-17(21)7-5-16;/h4-7,15,18H,3,8-14H2,1-2H3,(H,22,23)(H,24,27);1H. The van der Waals surface area contributed by atoms with Gasteiger partial charge in [-0.15, -0.1) is 24.0 Å². The highest BCUT2D eigenvalue weighted by molar-refractivity contribution is 14.0. The van der Waals surface area contributed by atoms with Gasteiger partial charge in [0.15, 0.2) is 5.96 Å². The van der Waals surface area contributed by atoms with Crippen LogP contribution in [0, 0.1) is 0 Å². The fraction of sp³-hybridized carbons (Fsp3) is 0.600. The highest BCUT2D eigenvalue weighted by atomic mass is 127. The Morgan fingerprint density at radius 2 is 1.86 bits per heavy atom. The first-order valence-electron chi connectivity index (χ1n) is 9.89. The summed E-state index contributed by atoms with van der Waals surface area (Å²) in [7, 11) is 0. The van der Waals surface area contributed by atoms with E-state index in [0.29, 0.717) is 12.1 Å². The van der Waals surface area contributed by atoms with Gasteiger partial charge in [-0.3, -0.25) is 9.69 Å². The molecule has 1 aromatic rings. The number of rotatable bonds is 6. The van der Waals surface area contributed by atoms with Gasteiger partial charge in [0.2, 0.25) is 5.91 Å². The fourth-order valence-electron chi connectivity index (χ4n) is 3.35. The number of carbonyl (C=O) groups excluding carboxylic acids is 1. The smallest absolute Gasteiger partial charge is 0.242 e. The van der Waals surface area contributed by atoms with Crippen molar-refractivity contribution in [1.82, 2.24) is 20.4 Å². The van der Waals surface area contributed by atoms with Crippen LogP contribution in [0.5, 0.6) is 0 Å². The van der Waals surface area contributed by atoms with Gasteiger partial charge in [0.1, 0.15) is 6.54 Å². The number of carbonyl (C=O) groups is 1. The summed E-state index contributed by atoms with van der Waals surface area (Å²) in [6.45, 7) is 9.12. The molecule has 28 heavy (non-hydrogen) atoms. The van der Waals surface area contributed by atoms with Crippen LogP contribution >= 0.6 is 39.9 Å². The highest BCUT2D eigenvalue weighted by Crippen LogP contribution is 2.23. The molecule has 0 radical (unpaired) electrons. The van der Waals surface area contributed by atoms with Gasteiger partial charge >= 0.3 is 0 Å². The van der Waals surface area contributed by atoms with E-state index in [4.69, 9.17) is 0 Å². The Hall–Kier alpha value is -0.870. The van der Waals surface area contributed by atoms with Crippen molar-refractivity contribution >= 4 is 51.8 Å². The number of guanidine groups is 1. The average Bonchev–Trinajstić information content (AvgIpc) is 3.49. The van der Waals surface area contributed by atoms with Gasteiger partial charge in [0, 0.05) is 49.3 Å². The zero-order valence-electron chi connectivity index (χ0n) is 16.7. The van der Waals surface area contributed by atoms with Gasteiger partial charge < -0.3 is 15.5 Å². The summed E-state index contributed by atoms with van der Waals surface area (Å²) < 4.78 is 1.11. The van der Waals surface area contributed by atoms with Crippen LogP contribution in [0.15, 0.2) is 33.7 Å². The summed E-state index contributed by atoms with van der Waals surface area (Å²) in [6.07, 6.45) is 2.21. The predicted octanol–water partition coefficient (Wildman–Crippen LogP) is 2.99. The van der Waals surface area contributed by atoms with Crippen molar-refractivity contribution in [3.63, 3.8) is 0 Å². The van der Waals surface area contributed by atoms with Crippen LogP contribution in [0.2, 0.25) is 0 Å². The van der Waals surface area contributed by atoms with E-state index in [1.165, 1.54) is 5.56 Å². The lowest BCUT2D eigenvalue weighted by molar-refractivity contribution is -0.119. The third kappa shape index (κ3) is 6.88. The second-order valence-corrected chi connectivity index (χ2v) is 8.18. The van der Waals surface area contributed by atoms with Crippen molar-refractivity contribution in [2.24, 2.45) is 4.99 Å². The molecule has 1 saturated heterocycles. The Bertz CT molecular complexity index is 657. The maximum atomic E-state index is 11.9. The molecule has 0 aromatic heterocycles. The van der Waals surface area contributed by atoms with E-state index in [9.17, 15) is 4.79 Å². The van der Waals surface area contributed by atoms with Gasteiger partial charge in [0.05, 0.1) is 0 Å². The molecule has 1 aliphatic heterocycles. The zero-order chi connectivity index (χ0) is 19.2. The second-order valence-electron chi connectivity index (χ2n) is 7.26. The van der Waals surface area contributed by atoms with Gasteiger partial charge in [0.25, 0.3) is 0 Å². The van der Waals surface area contributed by atoms with E-state index < -0.39 is 0 Å². The van der Waals surface area contributed by atoms with Crippen molar-refractivity contribution in [3.8, 4) is 0 Å². The largest absolute Gasteiger partial charge is 0.357 e. The lowest BCUT2D eigenvalue weighted by Crippen LogP contribution is -2.53. The number of amides is 1. The summed E-state index contributed by atoms with van der Waals surface area (Å²) >= 11 is 3.50. The van der Waals surface area contributed by atoms with Crippen molar-refractivity contribution < 1.29 is 4.79 Å². The lowest BCUT2D eigenvalue weighted by atomic mass is 10.1. The SMILES string of the molecule is CCNC(=NCC(=O)NC1CC1)N1CCN(C(C)c2ccc(Br)cc2)CC1.I. The summed E-state index contributed by atoms with van der Waals surface area (Å²) in [5.41, 5.74) is 1.34. The molecule has 2 aliphatic rings. The van der Waals surface area contributed by atoms with Crippen LogP contribution in [0.1, 0.15) is 38.3 Å². The quantitative estimate of drug-likeness (QED) is 0.317. The normalized spacial score (nSPS) is 19.0. The lowest BCUT2D eigenvalue weighted by Gasteiger charge is -2.39. The zero-order valence-corrected chi connectivity index (χ0v) is 20.6. The molecule has 1 heterocycles. The molecule has 1 atom stereocenters. The average molecular weight is 564 g/mol. The number of benzene rings is 1. The van der Waals surface area contributed by atoms with Crippen molar-refractivity contribution in [2.75, 3.05) is 39.3 Å². The molecule has 1 aliphatic carbocycles. The molecule has 1 saturated carbocycles. The minimum absolute atomic E-state index is 0. The van der Waals surface area contributed by atoms with Crippen LogP contribution in [-0.2, 0) is 4.79 Å². The van der Waals surface area contributed by atoms with E-state index in [1.54, 1.807) is 0 Å². The summed E-state index contributed by atoms with van der Waals surface area (Å²) in [6, 6.07) is 9.36. The number of hydrogen-bond acceptors (Lipinski definition) is 3. The first-order valence-corrected chi connectivity index (χ1v) is 10.7. The molecule has 1 amide bonds. The summed E-state index contributed by atoms with van der Waals surface area (Å²) in [5, 5.41) is 6.33. The maximum absolute atomic E-state index is 11.9. The molecule has 1 unspecified atom stereocenters. The van der Waals surface area contributed by atoms with Gasteiger partial charge in [-0.1, -0.05) is 28.1 Å². The van der Waals surface area contributed by atoms with Gasteiger partial charge in [-0.05, 0) is 44.4 Å². The van der Waals surface area contributed by atoms with Crippen LogP contribution < -0.4 is 10.6 Å².